The number of hydrazine groups is 1. The molecule has 2 fully saturated rings. The first-order valence-electron chi connectivity index (χ1n) is 9.93. The van der Waals surface area contributed by atoms with E-state index in [9.17, 15) is 9.18 Å². The van der Waals surface area contributed by atoms with E-state index >= 15 is 0 Å². The van der Waals surface area contributed by atoms with Crippen molar-refractivity contribution in [1.29, 1.82) is 0 Å². The van der Waals surface area contributed by atoms with Crippen LogP contribution in [0.25, 0.3) is 0 Å². The number of rotatable bonds is 6. The van der Waals surface area contributed by atoms with E-state index in [-0.39, 0.29) is 29.7 Å². The van der Waals surface area contributed by atoms with E-state index in [0.717, 1.165) is 37.2 Å². The maximum absolute atomic E-state index is 13.3. The highest BCUT2D eigenvalue weighted by Crippen LogP contribution is 2.31. The third-order valence-electron chi connectivity index (χ3n) is 5.68. The first kappa shape index (κ1) is 18.9. The number of likely N-dealkylation sites (tertiary alicyclic amines) is 1. The van der Waals surface area contributed by atoms with E-state index in [4.69, 9.17) is 4.74 Å². The van der Waals surface area contributed by atoms with Gasteiger partial charge in [-0.2, -0.15) is 0 Å². The Morgan fingerprint density at radius 3 is 2.71 bits per heavy atom. The van der Waals surface area contributed by atoms with Crippen molar-refractivity contribution >= 4 is 5.91 Å². The molecule has 28 heavy (non-hydrogen) atoms. The van der Waals surface area contributed by atoms with Gasteiger partial charge in [-0.3, -0.25) is 15.6 Å². The van der Waals surface area contributed by atoms with E-state index < -0.39 is 0 Å². The van der Waals surface area contributed by atoms with Crippen LogP contribution < -0.4 is 15.6 Å². The molecule has 0 spiro atoms. The molecule has 3 atom stereocenters. The predicted molar refractivity (Wildman–Crippen MR) is 105 cm³/mol. The summed E-state index contributed by atoms with van der Waals surface area (Å²) >= 11 is 0. The Morgan fingerprint density at radius 2 is 1.93 bits per heavy atom. The van der Waals surface area contributed by atoms with Crippen molar-refractivity contribution in [1.82, 2.24) is 15.8 Å². The summed E-state index contributed by atoms with van der Waals surface area (Å²) in [6, 6.07) is 16.5. The van der Waals surface area contributed by atoms with Crippen molar-refractivity contribution < 1.29 is 13.9 Å². The van der Waals surface area contributed by atoms with Crippen LogP contribution in [0.4, 0.5) is 4.39 Å². The van der Waals surface area contributed by atoms with E-state index in [1.54, 1.807) is 0 Å². The van der Waals surface area contributed by atoms with Crippen LogP contribution in [0.1, 0.15) is 30.7 Å². The number of halogens is 1. The van der Waals surface area contributed by atoms with Crippen LogP contribution in [0.5, 0.6) is 5.75 Å². The molecule has 0 aliphatic carbocycles. The third-order valence-corrected chi connectivity index (χ3v) is 5.68. The number of hydrogen-bond acceptors (Lipinski definition) is 4. The second-order valence-electron chi connectivity index (χ2n) is 7.42. The Balaban J connectivity index is 1.38. The number of amides is 1. The summed E-state index contributed by atoms with van der Waals surface area (Å²) in [5, 5.41) is 0. The summed E-state index contributed by atoms with van der Waals surface area (Å²) in [6.07, 6.45) is 2.35. The van der Waals surface area contributed by atoms with E-state index in [1.807, 2.05) is 47.4 Å². The average Bonchev–Trinajstić information content (AvgIpc) is 3.38. The largest absolute Gasteiger partial charge is 0.493 e. The summed E-state index contributed by atoms with van der Waals surface area (Å²) < 4.78 is 19.0. The SMILES string of the molecule is O=C(CCOc1ccccc1)N1CCCC1C1NNCC1c1ccc(F)cc1. The van der Waals surface area contributed by atoms with Gasteiger partial charge in [-0.25, -0.2) is 4.39 Å². The lowest BCUT2D eigenvalue weighted by atomic mass is 9.87. The molecule has 5 nitrogen and oxygen atoms in total. The quantitative estimate of drug-likeness (QED) is 0.806. The number of benzene rings is 2. The topological polar surface area (TPSA) is 53.6 Å². The van der Waals surface area contributed by atoms with Crippen LogP contribution in [0.15, 0.2) is 54.6 Å². The highest BCUT2D eigenvalue weighted by molar-refractivity contribution is 5.77. The van der Waals surface area contributed by atoms with Gasteiger partial charge in [0.15, 0.2) is 0 Å². The number of hydrogen-bond donors (Lipinski definition) is 2. The van der Waals surface area contributed by atoms with Gasteiger partial charge in [0.25, 0.3) is 0 Å². The Kier molecular flexibility index (Phi) is 5.88. The molecule has 2 aromatic rings. The maximum atomic E-state index is 13.3. The summed E-state index contributed by atoms with van der Waals surface area (Å²) in [5.74, 6) is 0.895. The Labute approximate surface area is 164 Å². The molecule has 0 aromatic heterocycles. The highest BCUT2D eigenvalue weighted by Gasteiger charge is 2.41. The lowest BCUT2D eigenvalue weighted by Crippen LogP contribution is -2.50. The normalized spacial score (nSPS) is 24.5. The van der Waals surface area contributed by atoms with Gasteiger partial charge in [-0.1, -0.05) is 30.3 Å². The number of nitrogens with zero attached hydrogens (tertiary/aromatic N) is 1. The molecule has 2 aliphatic heterocycles. The number of carbonyl (C=O) groups excluding carboxylic acids is 1. The van der Waals surface area contributed by atoms with Crippen molar-refractivity contribution in [3.05, 3.63) is 66.0 Å². The van der Waals surface area contributed by atoms with Gasteiger partial charge in [0.2, 0.25) is 5.91 Å². The monoisotopic (exact) mass is 383 g/mol. The molecular formula is C22H26FN3O2. The molecule has 2 N–H and O–H groups in total. The molecule has 1 amide bonds. The molecule has 2 aliphatic rings. The maximum Gasteiger partial charge on any atom is 0.226 e. The minimum atomic E-state index is -0.227. The summed E-state index contributed by atoms with van der Waals surface area (Å²) in [7, 11) is 0. The zero-order valence-corrected chi connectivity index (χ0v) is 15.8. The van der Waals surface area contributed by atoms with Gasteiger partial charge in [0.1, 0.15) is 11.6 Å². The number of nitrogens with one attached hydrogen (secondary N) is 2. The zero-order valence-electron chi connectivity index (χ0n) is 15.8. The van der Waals surface area contributed by atoms with Crippen LogP contribution in [-0.2, 0) is 4.79 Å². The molecule has 148 valence electrons. The number of ether oxygens (including phenoxy) is 1. The average molecular weight is 383 g/mol. The standard InChI is InChI=1S/C22H26FN3O2/c23-17-10-8-16(9-11-17)19-15-24-25-22(19)20-7-4-13-26(20)21(27)12-14-28-18-5-2-1-3-6-18/h1-3,5-6,8-11,19-20,22,24-25H,4,7,12-15H2. The molecular weight excluding hydrogens is 357 g/mol. The second kappa shape index (κ2) is 8.71. The number of carbonyl (C=O) groups is 1. The van der Waals surface area contributed by atoms with Gasteiger partial charge in [0, 0.05) is 31.1 Å². The first-order valence-corrected chi connectivity index (χ1v) is 9.93. The van der Waals surface area contributed by atoms with E-state index in [2.05, 4.69) is 10.9 Å². The highest BCUT2D eigenvalue weighted by atomic mass is 19.1. The Hall–Kier alpha value is -2.44. The molecule has 3 unspecified atom stereocenters. The lowest BCUT2D eigenvalue weighted by molar-refractivity contribution is -0.133. The van der Waals surface area contributed by atoms with Gasteiger partial charge >= 0.3 is 0 Å². The summed E-state index contributed by atoms with van der Waals surface area (Å²) in [4.78, 5) is 14.8. The molecule has 4 rings (SSSR count). The second-order valence-corrected chi connectivity index (χ2v) is 7.42. The van der Waals surface area contributed by atoms with Crippen molar-refractivity contribution in [2.45, 2.75) is 37.3 Å². The third kappa shape index (κ3) is 4.18. The van der Waals surface area contributed by atoms with Gasteiger partial charge in [0.05, 0.1) is 13.0 Å². The molecule has 6 heteroatoms. The van der Waals surface area contributed by atoms with Crippen LogP contribution >= 0.6 is 0 Å². The summed E-state index contributed by atoms with van der Waals surface area (Å²) in [5.41, 5.74) is 7.68. The smallest absolute Gasteiger partial charge is 0.226 e. The minimum Gasteiger partial charge on any atom is -0.493 e. The molecule has 0 saturated carbocycles. The first-order chi connectivity index (χ1) is 13.7. The molecule has 2 aromatic carbocycles. The summed E-state index contributed by atoms with van der Waals surface area (Å²) in [6.45, 7) is 1.93. The Morgan fingerprint density at radius 1 is 1.14 bits per heavy atom. The zero-order chi connectivity index (χ0) is 19.3. The van der Waals surface area contributed by atoms with Crippen LogP contribution in [0, 0.1) is 5.82 Å². The lowest BCUT2D eigenvalue weighted by Gasteiger charge is -2.32. The van der Waals surface area contributed by atoms with E-state index in [0.29, 0.717) is 13.0 Å². The Bertz CT molecular complexity index is 784. The molecule has 2 saturated heterocycles. The van der Waals surface area contributed by atoms with Crippen LogP contribution in [-0.4, -0.2) is 42.6 Å². The number of para-hydroxylation sites is 1. The molecule has 2 heterocycles. The van der Waals surface area contributed by atoms with Crippen molar-refractivity contribution in [2.75, 3.05) is 19.7 Å². The molecule has 0 radical (unpaired) electrons. The van der Waals surface area contributed by atoms with Gasteiger partial charge in [-0.05, 0) is 42.7 Å². The van der Waals surface area contributed by atoms with Crippen LogP contribution in [0.3, 0.4) is 0 Å². The minimum absolute atomic E-state index is 0.118. The van der Waals surface area contributed by atoms with Crippen molar-refractivity contribution in [3.63, 3.8) is 0 Å². The van der Waals surface area contributed by atoms with Crippen molar-refractivity contribution in [3.8, 4) is 5.75 Å². The fourth-order valence-electron chi connectivity index (χ4n) is 4.31. The van der Waals surface area contributed by atoms with E-state index in [1.165, 1.54) is 12.1 Å². The van der Waals surface area contributed by atoms with Crippen LogP contribution in [0.2, 0.25) is 0 Å². The van der Waals surface area contributed by atoms with Gasteiger partial charge in [-0.15, -0.1) is 0 Å². The fourth-order valence-corrected chi connectivity index (χ4v) is 4.31. The molecule has 0 bridgehead atoms. The fraction of sp³-hybridized carbons (Fsp3) is 0.409. The van der Waals surface area contributed by atoms with Crippen molar-refractivity contribution in [2.24, 2.45) is 0 Å². The predicted octanol–water partition coefficient (Wildman–Crippen LogP) is 2.85. The van der Waals surface area contributed by atoms with Gasteiger partial charge < -0.3 is 9.64 Å².